The summed E-state index contributed by atoms with van der Waals surface area (Å²) in [5.74, 6) is 1.09. The van der Waals surface area contributed by atoms with Crippen LogP contribution in [0.2, 0.25) is 0 Å². The van der Waals surface area contributed by atoms with E-state index >= 15 is 0 Å². The van der Waals surface area contributed by atoms with E-state index in [1.54, 1.807) is 0 Å². The summed E-state index contributed by atoms with van der Waals surface area (Å²) in [6.07, 6.45) is 1.15. The standard InChI is InChI=1S/C12H20N2O2S/c1-12(2)8-14(5-6-17-12)11(16)9-3-4-13-10(15)7-9/h9H,3-8H2,1-2H3,(H,13,15). The Labute approximate surface area is 106 Å². The van der Waals surface area contributed by atoms with E-state index in [9.17, 15) is 9.59 Å². The van der Waals surface area contributed by atoms with Crippen molar-refractivity contribution in [3.05, 3.63) is 0 Å². The Balaban J connectivity index is 1.97. The quantitative estimate of drug-likeness (QED) is 0.757. The molecular formula is C12H20N2O2S. The topological polar surface area (TPSA) is 49.4 Å². The zero-order chi connectivity index (χ0) is 12.5. The molecule has 1 unspecified atom stereocenters. The van der Waals surface area contributed by atoms with Gasteiger partial charge in [-0.05, 0) is 20.3 Å². The minimum absolute atomic E-state index is 0.0141. The van der Waals surface area contributed by atoms with Gasteiger partial charge < -0.3 is 10.2 Å². The van der Waals surface area contributed by atoms with Gasteiger partial charge in [-0.25, -0.2) is 0 Å². The molecule has 1 N–H and O–H groups in total. The molecule has 96 valence electrons. The van der Waals surface area contributed by atoms with Crippen LogP contribution in [-0.4, -0.2) is 46.8 Å². The average molecular weight is 256 g/mol. The molecule has 0 bridgehead atoms. The van der Waals surface area contributed by atoms with E-state index in [1.807, 2.05) is 16.7 Å². The van der Waals surface area contributed by atoms with Crippen LogP contribution in [0.1, 0.15) is 26.7 Å². The Morgan fingerprint density at radius 3 is 2.94 bits per heavy atom. The van der Waals surface area contributed by atoms with Gasteiger partial charge in [0.05, 0.1) is 0 Å². The normalized spacial score (nSPS) is 28.7. The van der Waals surface area contributed by atoms with Crippen molar-refractivity contribution in [2.75, 3.05) is 25.4 Å². The summed E-state index contributed by atoms with van der Waals surface area (Å²) in [5, 5.41) is 2.77. The summed E-state index contributed by atoms with van der Waals surface area (Å²) >= 11 is 1.92. The fourth-order valence-corrected chi connectivity index (χ4v) is 3.57. The van der Waals surface area contributed by atoms with Gasteiger partial charge in [-0.3, -0.25) is 9.59 Å². The van der Waals surface area contributed by atoms with Crippen LogP contribution < -0.4 is 5.32 Å². The van der Waals surface area contributed by atoms with Gasteiger partial charge in [-0.15, -0.1) is 0 Å². The second-order valence-electron chi connectivity index (χ2n) is 5.41. The molecular weight excluding hydrogens is 236 g/mol. The number of hydrogen-bond donors (Lipinski definition) is 1. The fourth-order valence-electron chi connectivity index (χ4n) is 2.46. The molecule has 2 heterocycles. The van der Waals surface area contributed by atoms with Gasteiger partial charge in [-0.1, -0.05) is 0 Å². The van der Waals surface area contributed by atoms with Gasteiger partial charge in [0.1, 0.15) is 0 Å². The number of nitrogens with one attached hydrogen (secondary N) is 1. The first kappa shape index (κ1) is 12.7. The molecule has 17 heavy (non-hydrogen) atoms. The maximum absolute atomic E-state index is 12.3. The van der Waals surface area contributed by atoms with E-state index in [0.29, 0.717) is 13.0 Å². The molecule has 2 fully saturated rings. The van der Waals surface area contributed by atoms with Crippen LogP contribution in [0.25, 0.3) is 0 Å². The third-order valence-electron chi connectivity index (χ3n) is 3.33. The van der Waals surface area contributed by atoms with E-state index in [2.05, 4.69) is 19.2 Å². The lowest BCUT2D eigenvalue weighted by molar-refractivity contribution is -0.140. The number of amides is 2. The lowest BCUT2D eigenvalue weighted by Gasteiger charge is -2.39. The molecule has 0 saturated carbocycles. The molecule has 2 saturated heterocycles. The first-order chi connectivity index (χ1) is 7.98. The van der Waals surface area contributed by atoms with Gasteiger partial charge in [0.2, 0.25) is 11.8 Å². The Bertz CT molecular complexity index is 330. The lowest BCUT2D eigenvalue weighted by atomic mass is 9.95. The van der Waals surface area contributed by atoms with Crippen LogP contribution in [-0.2, 0) is 9.59 Å². The molecule has 2 amide bonds. The molecule has 0 aromatic heterocycles. The molecule has 2 aliphatic rings. The first-order valence-electron chi connectivity index (χ1n) is 6.17. The largest absolute Gasteiger partial charge is 0.356 e. The van der Waals surface area contributed by atoms with Crippen molar-refractivity contribution >= 4 is 23.6 Å². The highest BCUT2D eigenvalue weighted by Crippen LogP contribution is 2.30. The van der Waals surface area contributed by atoms with Crippen LogP contribution in [0.15, 0.2) is 0 Å². The highest BCUT2D eigenvalue weighted by molar-refractivity contribution is 8.00. The summed E-state index contributed by atoms with van der Waals surface area (Å²) in [4.78, 5) is 25.6. The number of piperidine rings is 1. The molecule has 5 heteroatoms. The molecule has 0 aliphatic carbocycles. The Kier molecular flexibility index (Phi) is 3.66. The highest BCUT2D eigenvalue weighted by Gasteiger charge is 2.34. The highest BCUT2D eigenvalue weighted by atomic mass is 32.2. The zero-order valence-electron chi connectivity index (χ0n) is 10.5. The van der Waals surface area contributed by atoms with Crippen molar-refractivity contribution in [2.24, 2.45) is 5.92 Å². The first-order valence-corrected chi connectivity index (χ1v) is 7.16. The van der Waals surface area contributed by atoms with Crippen LogP contribution in [0.4, 0.5) is 0 Å². The SMILES string of the molecule is CC1(C)CN(C(=O)C2CCNC(=O)C2)CCS1. The maximum atomic E-state index is 12.3. The van der Waals surface area contributed by atoms with Crippen LogP contribution in [0.3, 0.4) is 0 Å². The predicted molar refractivity (Wildman–Crippen MR) is 68.9 cm³/mol. The lowest BCUT2D eigenvalue weighted by Crippen LogP contribution is -2.50. The van der Waals surface area contributed by atoms with Gasteiger partial charge in [0.15, 0.2) is 0 Å². The second kappa shape index (κ2) is 4.88. The molecule has 1 atom stereocenters. The minimum atomic E-state index is -0.0948. The van der Waals surface area contributed by atoms with Gasteiger partial charge in [0.25, 0.3) is 0 Å². The van der Waals surface area contributed by atoms with Crippen molar-refractivity contribution in [1.29, 1.82) is 0 Å². The Morgan fingerprint density at radius 2 is 2.29 bits per heavy atom. The number of rotatable bonds is 1. The predicted octanol–water partition coefficient (Wildman–Crippen LogP) is 0.867. The van der Waals surface area contributed by atoms with E-state index in [0.717, 1.165) is 25.3 Å². The van der Waals surface area contributed by atoms with Gasteiger partial charge in [-0.2, -0.15) is 11.8 Å². The van der Waals surface area contributed by atoms with Crippen LogP contribution in [0, 0.1) is 5.92 Å². The van der Waals surface area contributed by atoms with E-state index in [-0.39, 0.29) is 22.5 Å². The molecule has 0 radical (unpaired) electrons. The van der Waals surface area contributed by atoms with Crippen LogP contribution in [0.5, 0.6) is 0 Å². The number of nitrogens with zero attached hydrogens (tertiary/aromatic N) is 1. The summed E-state index contributed by atoms with van der Waals surface area (Å²) < 4.78 is 0.144. The minimum Gasteiger partial charge on any atom is -0.356 e. The summed E-state index contributed by atoms with van der Waals surface area (Å²) in [6.45, 7) is 6.61. The monoisotopic (exact) mass is 256 g/mol. The van der Waals surface area contributed by atoms with Crippen molar-refractivity contribution in [3.8, 4) is 0 Å². The van der Waals surface area contributed by atoms with Crippen molar-refractivity contribution in [3.63, 3.8) is 0 Å². The third-order valence-corrected chi connectivity index (χ3v) is 4.63. The Hall–Kier alpha value is -0.710. The molecule has 0 spiro atoms. The molecule has 0 aromatic rings. The maximum Gasteiger partial charge on any atom is 0.226 e. The van der Waals surface area contributed by atoms with Crippen molar-refractivity contribution in [1.82, 2.24) is 10.2 Å². The smallest absolute Gasteiger partial charge is 0.226 e. The number of carbonyl (C=O) groups excluding carboxylic acids is 2. The molecule has 0 aromatic carbocycles. The number of thioether (sulfide) groups is 1. The summed E-state index contributed by atoms with van der Waals surface area (Å²) in [5.41, 5.74) is 0. The average Bonchev–Trinajstić information content (AvgIpc) is 2.26. The van der Waals surface area contributed by atoms with E-state index in [4.69, 9.17) is 0 Å². The van der Waals surface area contributed by atoms with E-state index < -0.39 is 0 Å². The summed E-state index contributed by atoms with van der Waals surface area (Å²) in [6, 6.07) is 0. The number of carbonyl (C=O) groups is 2. The van der Waals surface area contributed by atoms with Gasteiger partial charge in [0, 0.05) is 42.5 Å². The van der Waals surface area contributed by atoms with Crippen molar-refractivity contribution < 1.29 is 9.59 Å². The molecule has 4 nitrogen and oxygen atoms in total. The fraction of sp³-hybridized carbons (Fsp3) is 0.833. The zero-order valence-corrected chi connectivity index (χ0v) is 11.3. The Morgan fingerprint density at radius 1 is 1.53 bits per heavy atom. The van der Waals surface area contributed by atoms with Gasteiger partial charge >= 0.3 is 0 Å². The molecule has 2 rings (SSSR count). The number of hydrogen-bond acceptors (Lipinski definition) is 3. The van der Waals surface area contributed by atoms with E-state index in [1.165, 1.54) is 0 Å². The third kappa shape index (κ3) is 3.15. The van der Waals surface area contributed by atoms with Crippen LogP contribution >= 0.6 is 11.8 Å². The molecule has 2 aliphatic heterocycles. The second-order valence-corrected chi connectivity index (χ2v) is 7.21. The summed E-state index contributed by atoms with van der Waals surface area (Å²) in [7, 11) is 0. The van der Waals surface area contributed by atoms with Crippen molar-refractivity contribution in [2.45, 2.75) is 31.4 Å².